The Bertz CT molecular complexity index is 702. The van der Waals surface area contributed by atoms with E-state index in [9.17, 15) is 9.59 Å². The van der Waals surface area contributed by atoms with Crippen molar-refractivity contribution in [1.82, 2.24) is 0 Å². The summed E-state index contributed by atoms with van der Waals surface area (Å²) < 4.78 is 5.21. The van der Waals surface area contributed by atoms with Crippen LogP contribution in [0.15, 0.2) is 29.6 Å². The van der Waals surface area contributed by atoms with Gasteiger partial charge in [-0.2, -0.15) is 0 Å². The molecule has 7 heteroatoms. The molecule has 1 heterocycles. The number of Topliss-reactive ketones (excluding diaryl/α,β-unsaturated/α-hetero) is 1. The third-order valence-corrected chi connectivity index (χ3v) is 5.27. The van der Waals surface area contributed by atoms with Gasteiger partial charge in [-0.05, 0) is 30.0 Å². The number of anilines is 1. The zero-order valence-electron chi connectivity index (χ0n) is 12.7. The lowest BCUT2D eigenvalue weighted by Crippen LogP contribution is -2.16. The van der Waals surface area contributed by atoms with E-state index >= 15 is 0 Å². The number of hydrogen-bond acceptors (Lipinski definition) is 5. The van der Waals surface area contributed by atoms with Gasteiger partial charge >= 0.3 is 0 Å². The van der Waals surface area contributed by atoms with E-state index < -0.39 is 0 Å². The topological polar surface area (TPSA) is 55.4 Å². The van der Waals surface area contributed by atoms with Crippen LogP contribution in [0.2, 0.25) is 5.02 Å². The second-order valence-corrected chi connectivity index (χ2v) is 7.08. The molecule has 23 heavy (non-hydrogen) atoms. The molecular formula is C16H16ClNO3S2. The first-order valence-electron chi connectivity index (χ1n) is 6.79. The summed E-state index contributed by atoms with van der Waals surface area (Å²) in [5.74, 6) is 0.840. The van der Waals surface area contributed by atoms with Crippen molar-refractivity contribution in [2.45, 2.75) is 6.92 Å². The van der Waals surface area contributed by atoms with Crippen LogP contribution in [0.25, 0.3) is 0 Å². The minimum Gasteiger partial charge on any atom is -0.495 e. The van der Waals surface area contributed by atoms with Crippen molar-refractivity contribution in [3.05, 3.63) is 45.1 Å². The molecule has 2 aromatic rings. The Labute approximate surface area is 148 Å². The summed E-state index contributed by atoms with van der Waals surface area (Å²) in [4.78, 5) is 24.6. The van der Waals surface area contributed by atoms with Crippen molar-refractivity contribution in [2.24, 2.45) is 0 Å². The van der Waals surface area contributed by atoms with Gasteiger partial charge in [-0.1, -0.05) is 17.7 Å². The Morgan fingerprint density at radius 3 is 2.78 bits per heavy atom. The van der Waals surface area contributed by atoms with E-state index in [0.717, 1.165) is 5.56 Å². The number of aryl methyl sites for hydroxylation is 1. The standard InChI is InChI=1S/C16H16ClNO3S2/c1-10-6-12(14(21-2)7-11(10)17)18-16(20)9-22-8-13(19)15-4-3-5-23-15/h3-7H,8-9H2,1-2H3,(H,18,20). The van der Waals surface area contributed by atoms with E-state index in [2.05, 4.69) is 5.32 Å². The van der Waals surface area contributed by atoms with Crippen LogP contribution in [0.5, 0.6) is 5.75 Å². The highest BCUT2D eigenvalue weighted by atomic mass is 35.5. The number of thioether (sulfide) groups is 1. The number of nitrogens with one attached hydrogen (secondary N) is 1. The summed E-state index contributed by atoms with van der Waals surface area (Å²) in [7, 11) is 1.52. The molecule has 1 aromatic carbocycles. The molecule has 1 aromatic heterocycles. The first-order valence-corrected chi connectivity index (χ1v) is 9.21. The molecule has 4 nitrogen and oxygen atoms in total. The summed E-state index contributed by atoms with van der Waals surface area (Å²) in [5, 5.41) is 5.23. The van der Waals surface area contributed by atoms with Crippen LogP contribution in [0, 0.1) is 6.92 Å². The van der Waals surface area contributed by atoms with Crippen molar-refractivity contribution in [1.29, 1.82) is 0 Å². The molecule has 0 spiro atoms. The van der Waals surface area contributed by atoms with Crippen LogP contribution in [-0.2, 0) is 4.79 Å². The predicted octanol–water partition coefficient (Wildman–Crippen LogP) is 4.27. The van der Waals surface area contributed by atoms with Crippen molar-refractivity contribution in [3.8, 4) is 5.75 Å². The second-order valence-electron chi connectivity index (χ2n) is 4.74. The zero-order chi connectivity index (χ0) is 16.8. The number of halogens is 1. The van der Waals surface area contributed by atoms with E-state index in [4.69, 9.17) is 16.3 Å². The fourth-order valence-electron chi connectivity index (χ4n) is 1.86. The summed E-state index contributed by atoms with van der Waals surface area (Å²) in [6, 6.07) is 7.06. The first kappa shape index (κ1) is 17.8. The number of ketones is 1. The third kappa shape index (κ3) is 4.99. The van der Waals surface area contributed by atoms with Gasteiger partial charge in [0.25, 0.3) is 0 Å². The SMILES string of the molecule is COc1cc(Cl)c(C)cc1NC(=O)CSCC(=O)c1cccs1. The number of carbonyl (C=O) groups is 2. The van der Waals surface area contributed by atoms with Crippen LogP contribution in [0.4, 0.5) is 5.69 Å². The Morgan fingerprint density at radius 1 is 1.35 bits per heavy atom. The third-order valence-electron chi connectivity index (χ3n) is 3.02. The molecule has 2 rings (SSSR count). The highest BCUT2D eigenvalue weighted by Crippen LogP contribution is 2.31. The van der Waals surface area contributed by atoms with Crippen LogP contribution in [0.3, 0.4) is 0 Å². The fourth-order valence-corrected chi connectivity index (χ4v) is 3.47. The first-order chi connectivity index (χ1) is 11.0. The number of methoxy groups -OCH3 is 1. The Morgan fingerprint density at radius 2 is 2.13 bits per heavy atom. The normalized spacial score (nSPS) is 10.4. The number of carbonyl (C=O) groups excluding carboxylic acids is 2. The van der Waals surface area contributed by atoms with Crippen molar-refractivity contribution in [3.63, 3.8) is 0 Å². The average Bonchev–Trinajstić information content (AvgIpc) is 3.05. The number of thiophene rings is 1. The van der Waals surface area contributed by atoms with Gasteiger partial charge in [0, 0.05) is 11.1 Å². The molecule has 0 aliphatic rings. The quantitative estimate of drug-likeness (QED) is 0.740. The van der Waals surface area contributed by atoms with E-state index in [-0.39, 0.29) is 23.2 Å². The van der Waals surface area contributed by atoms with Crippen molar-refractivity contribution >= 4 is 52.1 Å². The van der Waals surface area contributed by atoms with Crippen molar-refractivity contribution in [2.75, 3.05) is 23.9 Å². The number of benzene rings is 1. The Hall–Kier alpha value is -1.50. The lowest BCUT2D eigenvalue weighted by atomic mass is 10.2. The zero-order valence-corrected chi connectivity index (χ0v) is 15.1. The van der Waals surface area contributed by atoms with Crippen LogP contribution in [0.1, 0.15) is 15.2 Å². The lowest BCUT2D eigenvalue weighted by molar-refractivity contribution is -0.113. The predicted molar refractivity (Wildman–Crippen MR) is 97.3 cm³/mol. The molecule has 0 saturated carbocycles. The summed E-state index contributed by atoms with van der Waals surface area (Å²) in [5.41, 5.74) is 1.42. The molecule has 0 atom stereocenters. The molecular weight excluding hydrogens is 354 g/mol. The molecule has 1 N–H and O–H groups in total. The fraction of sp³-hybridized carbons (Fsp3) is 0.250. The molecule has 0 radical (unpaired) electrons. The van der Waals surface area contributed by atoms with E-state index in [1.54, 1.807) is 18.2 Å². The van der Waals surface area contributed by atoms with Gasteiger partial charge in [-0.15, -0.1) is 23.1 Å². The molecule has 0 fully saturated rings. The monoisotopic (exact) mass is 369 g/mol. The minimum absolute atomic E-state index is 0.0396. The maximum atomic E-state index is 12.0. The van der Waals surface area contributed by atoms with Gasteiger partial charge in [-0.25, -0.2) is 0 Å². The summed E-state index contributed by atoms with van der Waals surface area (Å²) in [6.07, 6.45) is 0. The van der Waals surface area contributed by atoms with Gasteiger partial charge in [0.1, 0.15) is 5.75 Å². The lowest BCUT2D eigenvalue weighted by Gasteiger charge is -2.12. The number of ether oxygens (including phenoxy) is 1. The van der Waals surface area contributed by atoms with Crippen molar-refractivity contribution < 1.29 is 14.3 Å². The van der Waals surface area contributed by atoms with Gasteiger partial charge in [0.2, 0.25) is 5.91 Å². The Balaban J connectivity index is 1.88. The smallest absolute Gasteiger partial charge is 0.234 e. The molecule has 0 unspecified atom stereocenters. The minimum atomic E-state index is -0.186. The second kappa shape index (κ2) is 8.38. The van der Waals surface area contributed by atoms with Crippen LogP contribution in [-0.4, -0.2) is 30.3 Å². The molecule has 0 saturated heterocycles. The van der Waals surface area contributed by atoms with Crippen LogP contribution < -0.4 is 10.1 Å². The molecule has 122 valence electrons. The largest absolute Gasteiger partial charge is 0.495 e. The number of rotatable bonds is 7. The maximum Gasteiger partial charge on any atom is 0.234 e. The maximum absolute atomic E-state index is 12.0. The Kier molecular flexibility index (Phi) is 6.50. The van der Waals surface area contributed by atoms with E-state index in [1.165, 1.54) is 30.2 Å². The average molecular weight is 370 g/mol. The van der Waals surface area contributed by atoms with Gasteiger partial charge in [-0.3, -0.25) is 9.59 Å². The highest BCUT2D eigenvalue weighted by Gasteiger charge is 2.12. The summed E-state index contributed by atoms with van der Waals surface area (Å²) in [6.45, 7) is 1.85. The number of amides is 1. The molecule has 1 amide bonds. The van der Waals surface area contributed by atoms with Crippen LogP contribution >= 0.6 is 34.7 Å². The molecule has 0 aliphatic carbocycles. The summed E-state index contributed by atoms with van der Waals surface area (Å²) >= 11 is 8.73. The van der Waals surface area contributed by atoms with Gasteiger partial charge in [0.15, 0.2) is 5.78 Å². The van der Waals surface area contributed by atoms with E-state index in [1.807, 2.05) is 18.4 Å². The number of hydrogen-bond donors (Lipinski definition) is 1. The van der Waals surface area contributed by atoms with Gasteiger partial charge in [0.05, 0.1) is 29.2 Å². The molecule has 0 aliphatic heterocycles. The van der Waals surface area contributed by atoms with E-state index in [0.29, 0.717) is 21.3 Å². The highest BCUT2D eigenvalue weighted by molar-refractivity contribution is 8.00. The van der Waals surface area contributed by atoms with Gasteiger partial charge < -0.3 is 10.1 Å². The molecule has 0 bridgehead atoms.